The Labute approximate surface area is 116 Å². The second kappa shape index (κ2) is 6.02. The van der Waals surface area contributed by atoms with Crippen molar-refractivity contribution in [3.8, 4) is 0 Å². The molecule has 1 heterocycles. The van der Waals surface area contributed by atoms with E-state index < -0.39 is 10.0 Å². The molecule has 5 nitrogen and oxygen atoms in total. The summed E-state index contributed by atoms with van der Waals surface area (Å²) in [7, 11) is -3.56. The molecule has 0 saturated heterocycles. The fourth-order valence-corrected chi connectivity index (χ4v) is 4.57. The highest BCUT2D eigenvalue weighted by atomic mass is 32.2. The average molecular weight is 302 g/mol. The normalized spacial score (nSPS) is 16.4. The molecule has 1 aliphatic carbocycles. The second-order valence-corrected chi connectivity index (χ2v) is 7.63. The van der Waals surface area contributed by atoms with Gasteiger partial charge in [-0.1, -0.05) is 23.0 Å². The second-order valence-electron chi connectivity index (χ2n) is 4.68. The van der Waals surface area contributed by atoms with Gasteiger partial charge in [0.2, 0.25) is 0 Å². The van der Waals surface area contributed by atoms with Gasteiger partial charge in [0.25, 0.3) is 10.0 Å². The molecule has 0 radical (unpaired) electrons. The van der Waals surface area contributed by atoms with Crippen LogP contribution in [0.3, 0.4) is 0 Å². The topological polar surface area (TPSA) is 79.0 Å². The largest absolute Gasteiger partial charge is 0.315 e. The third kappa shape index (κ3) is 3.77. The lowest BCUT2D eigenvalue weighted by Gasteiger charge is -2.12. The highest BCUT2D eigenvalue weighted by molar-refractivity contribution is 7.91. The Bertz CT molecular complexity index is 626. The van der Waals surface area contributed by atoms with Crippen molar-refractivity contribution in [3.05, 3.63) is 27.0 Å². The lowest BCUT2D eigenvalue weighted by Crippen LogP contribution is -2.25. The van der Waals surface area contributed by atoms with Crippen LogP contribution in [-0.2, 0) is 10.0 Å². The van der Waals surface area contributed by atoms with Crippen LogP contribution in [0.1, 0.15) is 37.8 Å². The van der Waals surface area contributed by atoms with Crippen molar-refractivity contribution in [2.75, 3.05) is 6.54 Å². The third-order valence-electron chi connectivity index (χ3n) is 3.15. The first-order valence-corrected chi connectivity index (χ1v) is 8.66. The van der Waals surface area contributed by atoms with E-state index in [-0.39, 0.29) is 9.08 Å². The van der Waals surface area contributed by atoms with Gasteiger partial charge in [-0.25, -0.2) is 13.1 Å². The lowest BCUT2D eigenvalue weighted by molar-refractivity contribution is 0.580. The Kier molecular flexibility index (Phi) is 4.59. The first-order chi connectivity index (χ1) is 8.99. The molecular formula is C12H18N2O3S2. The number of H-pyrrole nitrogens is 1. The maximum Gasteiger partial charge on any atom is 0.305 e. The quantitative estimate of drug-likeness (QED) is 0.816. The summed E-state index contributed by atoms with van der Waals surface area (Å²) in [5, 5.41) is 0. The Morgan fingerprint density at radius 1 is 1.42 bits per heavy atom. The van der Waals surface area contributed by atoms with Crippen LogP contribution in [0.25, 0.3) is 0 Å². The van der Waals surface area contributed by atoms with E-state index in [4.69, 9.17) is 0 Å². The smallest absolute Gasteiger partial charge is 0.305 e. The van der Waals surface area contributed by atoms with Crippen molar-refractivity contribution in [3.63, 3.8) is 0 Å². The molecule has 0 spiro atoms. The van der Waals surface area contributed by atoms with Crippen molar-refractivity contribution in [2.45, 2.75) is 43.2 Å². The van der Waals surface area contributed by atoms with E-state index in [0.717, 1.165) is 30.6 Å². The molecule has 0 aliphatic heterocycles. The van der Waals surface area contributed by atoms with Crippen LogP contribution < -0.4 is 9.60 Å². The summed E-state index contributed by atoms with van der Waals surface area (Å²) >= 11 is 0.731. The van der Waals surface area contributed by atoms with E-state index in [1.165, 1.54) is 18.4 Å². The summed E-state index contributed by atoms with van der Waals surface area (Å²) in [4.78, 5) is 13.3. The van der Waals surface area contributed by atoms with Crippen LogP contribution in [0.4, 0.5) is 0 Å². The van der Waals surface area contributed by atoms with Crippen molar-refractivity contribution < 1.29 is 8.42 Å². The predicted molar refractivity (Wildman–Crippen MR) is 76.0 cm³/mol. The van der Waals surface area contributed by atoms with Crippen LogP contribution in [0.5, 0.6) is 0 Å². The summed E-state index contributed by atoms with van der Waals surface area (Å²) in [6.45, 7) is 1.98. The molecule has 0 saturated carbocycles. The van der Waals surface area contributed by atoms with E-state index in [1.54, 1.807) is 6.92 Å². The number of rotatable bonds is 5. The highest BCUT2D eigenvalue weighted by Crippen LogP contribution is 2.20. The molecule has 0 fully saturated rings. The number of hydrogen-bond donors (Lipinski definition) is 2. The number of aromatic nitrogens is 1. The minimum atomic E-state index is -3.56. The fourth-order valence-electron chi connectivity index (χ4n) is 2.19. The van der Waals surface area contributed by atoms with Crippen LogP contribution in [0.2, 0.25) is 0 Å². The van der Waals surface area contributed by atoms with Gasteiger partial charge in [0.1, 0.15) is 0 Å². The molecular weight excluding hydrogens is 284 g/mol. The zero-order chi connectivity index (χ0) is 13.9. The number of aryl methyl sites for hydroxylation is 1. The number of hydrogen-bond acceptors (Lipinski definition) is 4. The third-order valence-corrected chi connectivity index (χ3v) is 6.21. The minimum Gasteiger partial charge on any atom is -0.315 e. The first kappa shape index (κ1) is 14.5. The van der Waals surface area contributed by atoms with Gasteiger partial charge >= 0.3 is 4.87 Å². The van der Waals surface area contributed by atoms with Crippen molar-refractivity contribution in [1.82, 2.24) is 9.71 Å². The van der Waals surface area contributed by atoms with Crippen molar-refractivity contribution in [2.24, 2.45) is 0 Å². The lowest BCUT2D eigenvalue weighted by atomic mass is 9.97. The van der Waals surface area contributed by atoms with E-state index in [2.05, 4.69) is 15.8 Å². The van der Waals surface area contributed by atoms with Crippen LogP contribution >= 0.6 is 11.3 Å². The Morgan fingerprint density at radius 3 is 2.79 bits per heavy atom. The average Bonchev–Trinajstić information content (AvgIpc) is 2.70. The minimum absolute atomic E-state index is 0.0927. The summed E-state index contributed by atoms with van der Waals surface area (Å²) in [6, 6.07) is 0. The van der Waals surface area contributed by atoms with Gasteiger partial charge in [0.15, 0.2) is 4.21 Å². The van der Waals surface area contributed by atoms with Gasteiger partial charge in [-0.3, -0.25) is 4.79 Å². The molecule has 0 unspecified atom stereocenters. The Balaban J connectivity index is 1.96. The molecule has 2 rings (SSSR count). The predicted octanol–water partition coefficient (Wildman–Crippen LogP) is 1.91. The number of nitrogens with one attached hydrogen (secondary N) is 2. The van der Waals surface area contributed by atoms with Crippen LogP contribution in [0, 0.1) is 6.92 Å². The van der Waals surface area contributed by atoms with Crippen molar-refractivity contribution >= 4 is 21.4 Å². The molecule has 1 aromatic heterocycles. The van der Waals surface area contributed by atoms with Gasteiger partial charge in [-0.05, 0) is 39.0 Å². The SMILES string of the molecule is Cc1[nH]c(=O)sc1S(=O)(=O)NCCC1=CCCCC1. The summed E-state index contributed by atoms with van der Waals surface area (Å²) in [5.41, 5.74) is 1.73. The van der Waals surface area contributed by atoms with E-state index in [9.17, 15) is 13.2 Å². The molecule has 0 bridgehead atoms. The maximum atomic E-state index is 12.0. The van der Waals surface area contributed by atoms with Crippen LogP contribution in [-0.4, -0.2) is 19.9 Å². The van der Waals surface area contributed by atoms with E-state index >= 15 is 0 Å². The van der Waals surface area contributed by atoms with Crippen LogP contribution in [0.15, 0.2) is 20.7 Å². The fraction of sp³-hybridized carbons (Fsp3) is 0.583. The van der Waals surface area contributed by atoms with Gasteiger partial charge in [-0.2, -0.15) is 0 Å². The highest BCUT2D eigenvalue weighted by Gasteiger charge is 2.20. The zero-order valence-corrected chi connectivity index (χ0v) is 12.5. The molecule has 1 aromatic rings. The molecule has 0 amide bonds. The van der Waals surface area contributed by atoms with Gasteiger partial charge in [0, 0.05) is 12.2 Å². The van der Waals surface area contributed by atoms with Gasteiger partial charge in [0.05, 0.1) is 0 Å². The Hall–Kier alpha value is -0.920. The molecule has 0 aromatic carbocycles. The zero-order valence-electron chi connectivity index (χ0n) is 10.9. The molecule has 19 heavy (non-hydrogen) atoms. The molecule has 2 N–H and O–H groups in total. The molecule has 7 heteroatoms. The van der Waals surface area contributed by atoms with Crippen molar-refractivity contribution in [1.29, 1.82) is 0 Å². The molecule has 1 aliphatic rings. The maximum absolute atomic E-state index is 12.0. The number of aromatic amines is 1. The number of allylic oxidation sites excluding steroid dienone is 1. The van der Waals surface area contributed by atoms with Gasteiger partial charge < -0.3 is 4.98 Å². The molecule has 106 valence electrons. The standard InChI is InChI=1S/C12H18N2O3S2/c1-9-11(18-12(15)14-9)19(16,17)13-8-7-10-5-3-2-4-6-10/h5,13H,2-4,6-8H2,1H3,(H,14,15). The van der Waals surface area contributed by atoms with E-state index in [0.29, 0.717) is 12.2 Å². The number of thiazole rings is 1. The molecule has 0 atom stereocenters. The Morgan fingerprint density at radius 2 is 2.21 bits per heavy atom. The van der Waals surface area contributed by atoms with E-state index in [1.807, 2.05) is 0 Å². The summed E-state index contributed by atoms with van der Waals surface area (Å²) in [6.07, 6.45) is 7.54. The summed E-state index contributed by atoms with van der Waals surface area (Å²) < 4.78 is 26.7. The van der Waals surface area contributed by atoms with Gasteiger partial charge in [-0.15, -0.1) is 0 Å². The number of sulfonamides is 1. The monoisotopic (exact) mass is 302 g/mol. The first-order valence-electron chi connectivity index (χ1n) is 6.36. The summed E-state index contributed by atoms with van der Waals surface area (Å²) in [5.74, 6) is 0.